The van der Waals surface area contributed by atoms with Crippen LogP contribution in [0.25, 0.3) is 0 Å². The van der Waals surface area contributed by atoms with Crippen molar-refractivity contribution in [3.63, 3.8) is 0 Å². The van der Waals surface area contributed by atoms with Gasteiger partial charge in [-0.2, -0.15) is 0 Å². The summed E-state index contributed by atoms with van der Waals surface area (Å²) in [4.78, 5) is 0. The molecule has 0 saturated heterocycles. The van der Waals surface area contributed by atoms with Crippen LogP contribution in [0.3, 0.4) is 0 Å². The van der Waals surface area contributed by atoms with E-state index in [2.05, 4.69) is 27.7 Å². The first-order valence-electron chi connectivity index (χ1n) is 6.75. The van der Waals surface area contributed by atoms with Crippen LogP contribution in [0, 0.1) is 23.2 Å². The smallest absolute Gasteiger partial charge is 0.00130 e. The molecule has 0 aromatic carbocycles. The molecule has 0 aliphatic heterocycles. The highest BCUT2D eigenvalue weighted by molar-refractivity contribution is 4.93. The van der Waals surface area contributed by atoms with Gasteiger partial charge in [-0.3, -0.25) is 0 Å². The molecular formula is C14H29N. The van der Waals surface area contributed by atoms with Crippen LogP contribution in [0.2, 0.25) is 0 Å². The van der Waals surface area contributed by atoms with E-state index in [9.17, 15) is 0 Å². The van der Waals surface area contributed by atoms with Crippen molar-refractivity contribution in [1.29, 1.82) is 0 Å². The standard InChI is InChI=1S/C14H29N/c1-11(2)14(10-15,12(3)4)13-8-6-5-7-9-13/h11-13H,5-10,15H2,1-4H3. The van der Waals surface area contributed by atoms with Crippen LogP contribution in [-0.2, 0) is 0 Å². The summed E-state index contributed by atoms with van der Waals surface area (Å²) in [6.45, 7) is 10.3. The van der Waals surface area contributed by atoms with E-state index in [-0.39, 0.29) is 0 Å². The lowest BCUT2D eigenvalue weighted by Crippen LogP contribution is -2.47. The first-order valence-corrected chi connectivity index (χ1v) is 6.75. The Kier molecular flexibility index (Phi) is 4.64. The van der Waals surface area contributed by atoms with Gasteiger partial charge in [0.05, 0.1) is 0 Å². The van der Waals surface area contributed by atoms with Gasteiger partial charge in [0, 0.05) is 0 Å². The average molecular weight is 211 g/mol. The average Bonchev–Trinajstić information content (AvgIpc) is 2.20. The second kappa shape index (κ2) is 5.34. The van der Waals surface area contributed by atoms with Crippen molar-refractivity contribution in [3.8, 4) is 0 Å². The Morgan fingerprint density at radius 2 is 1.47 bits per heavy atom. The van der Waals surface area contributed by atoms with Gasteiger partial charge < -0.3 is 5.73 Å². The van der Waals surface area contributed by atoms with Gasteiger partial charge in [0.1, 0.15) is 0 Å². The molecule has 1 nitrogen and oxygen atoms in total. The van der Waals surface area contributed by atoms with Crippen molar-refractivity contribution < 1.29 is 0 Å². The van der Waals surface area contributed by atoms with Crippen LogP contribution in [0.4, 0.5) is 0 Å². The third-order valence-corrected chi connectivity index (χ3v) is 4.87. The molecule has 0 atom stereocenters. The van der Waals surface area contributed by atoms with Gasteiger partial charge in [-0.15, -0.1) is 0 Å². The molecule has 0 radical (unpaired) electrons. The van der Waals surface area contributed by atoms with E-state index in [1.54, 1.807) is 0 Å². The maximum absolute atomic E-state index is 6.14. The third kappa shape index (κ3) is 2.38. The molecule has 0 unspecified atom stereocenters. The summed E-state index contributed by atoms with van der Waals surface area (Å²) < 4.78 is 0. The second-order valence-corrected chi connectivity index (χ2v) is 5.96. The lowest BCUT2D eigenvalue weighted by Gasteiger charge is -2.48. The molecule has 1 aliphatic carbocycles. The molecule has 90 valence electrons. The van der Waals surface area contributed by atoms with Gasteiger partial charge >= 0.3 is 0 Å². The van der Waals surface area contributed by atoms with Crippen molar-refractivity contribution in [3.05, 3.63) is 0 Å². The first-order chi connectivity index (χ1) is 7.05. The van der Waals surface area contributed by atoms with E-state index in [0.29, 0.717) is 17.3 Å². The lowest BCUT2D eigenvalue weighted by atomic mass is 9.58. The highest BCUT2D eigenvalue weighted by Crippen LogP contribution is 2.48. The van der Waals surface area contributed by atoms with Crippen molar-refractivity contribution in [2.75, 3.05) is 6.54 Å². The zero-order valence-corrected chi connectivity index (χ0v) is 11.1. The SMILES string of the molecule is CC(C)C(CN)(C(C)C)C1CCCCC1. The maximum Gasteiger partial charge on any atom is -0.00130 e. The van der Waals surface area contributed by atoms with Crippen LogP contribution in [0.1, 0.15) is 59.8 Å². The summed E-state index contributed by atoms with van der Waals surface area (Å²) in [5.41, 5.74) is 6.53. The first kappa shape index (κ1) is 13.0. The molecule has 1 heteroatoms. The molecule has 1 saturated carbocycles. The van der Waals surface area contributed by atoms with Crippen molar-refractivity contribution in [2.24, 2.45) is 28.9 Å². The van der Waals surface area contributed by atoms with Crippen LogP contribution < -0.4 is 5.73 Å². The number of nitrogens with two attached hydrogens (primary N) is 1. The Bertz CT molecular complexity index is 170. The van der Waals surface area contributed by atoms with Crippen molar-refractivity contribution in [1.82, 2.24) is 0 Å². The molecule has 15 heavy (non-hydrogen) atoms. The van der Waals surface area contributed by atoms with Crippen LogP contribution >= 0.6 is 0 Å². The molecule has 0 spiro atoms. The number of hydrogen-bond donors (Lipinski definition) is 1. The molecule has 1 fully saturated rings. The van der Waals surface area contributed by atoms with E-state index in [1.165, 1.54) is 32.1 Å². The summed E-state index contributed by atoms with van der Waals surface area (Å²) in [6.07, 6.45) is 7.10. The molecule has 0 bridgehead atoms. The summed E-state index contributed by atoms with van der Waals surface area (Å²) >= 11 is 0. The van der Waals surface area contributed by atoms with Gasteiger partial charge in [-0.05, 0) is 42.6 Å². The van der Waals surface area contributed by atoms with Crippen molar-refractivity contribution in [2.45, 2.75) is 59.8 Å². The third-order valence-electron chi connectivity index (χ3n) is 4.87. The Labute approximate surface area is 95.8 Å². The van der Waals surface area contributed by atoms with Gasteiger partial charge in [0.2, 0.25) is 0 Å². The van der Waals surface area contributed by atoms with E-state index in [1.807, 2.05) is 0 Å². The molecular weight excluding hydrogens is 182 g/mol. The Hall–Kier alpha value is -0.0400. The zero-order chi connectivity index (χ0) is 11.5. The molecule has 1 aliphatic rings. The predicted molar refractivity (Wildman–Crippen MR) is 67.7 cm³/mol. The Morgan fingerprint density at radius 1 is 1.00 bits per heavy atom. The quantitative estimate of drug-likeness (QED) is 0.751. The van der Waals surface area contributed by atoms with Gasteiger partial charge in [0.25, 0.3) is 0 Å². The normalized spacial score (nSPS) is 20.2. The van der Waals surface area contributed by atoms with Crippen LogP contribution in [0.15, 0.2) is 0 Å². The highest BCUT2D eigenvalue weighted by Gasteiger charge is 2.42. The maximum atomic E-state index is 6.14. The van der Waals surface area contributed by atoms with Gasteiger partial charge in [0.15, 0.2) is 0 Å². The zero-order valence-electron chi connectivity index (χ0n) is 11.1. The molecule has 0 amide bonds. The fraction of sp³-hybridized carbons (Fsp3) is 1.00. The Balaban J connectivity index is 2.86. The molecule has 0 aromatic heterocycles. The van der Waals surface area contributed by atoms with Gasteiger partial charge in [-0.1, -0.05) is 47.0 Å². The van der Waals surface area contributed by atoms with Gasteiger partial charge in [-0.25, -0.2) is 0 Å². The summed E-state index contributed by atoms with van der Waals surface area (Å²) in [5, 5.41) is 0. The fourth-order valence-corrected chi connectivity index (χ4v) is 3.89. The monoisotopic (exact) mass is 211 g/mol. The number of hydrogen-bond acceptors (Lipinski definition) is 1. The second-order valence-electron chi connectivity index (χ2n) is 5.96. The minimum atomic E-state index is 0.389. The van der Waals surface area contributed by atoms with Crippen LogP contribution in [-0.4, -0.2) is 6.54 Å². The summed E-state index contributed by atoms with van der Waals surface area (Å²) in [6, 6.07) is 0. The fourth-order valence-electron chi connectivity index (χ4n) is 3.89. The topological polar surface area (TPSA) is 26.0 Å². The molecule has 1 rings (SSSR count). The van der Waals surface area contributed by atoms with E-state index in [4.69, 9.17) is 5.73 Å². The van der Waals surface area contributed by atoms with E-state index >= 15 is 0 Å². The van der Waals surface area contributed by atoms with E-state index in [0.717, 1.165) is 12.5 Å². The molecule has 2 N–H and O–H groups in total. The molecule has 0 heterocycles. The van der Waals surface area contributed by atoms with Crippen LogP contribution in [0.5, 0.6) is 0 Å². The molecule has 0 aromatic rings. The highest BCUT2D eigenvalue weighted by atomic mass is 14.6. The minimum absolute atomic E-state index is 0.389. The summed E-state index contributed by atoms with van der Waals surface area (Å²) in [7, 11) is 0. The largest absolute Gasteiger partial charge is 0.330 e. The number of rotatable bonds is 4. The Morgan fingerprint density at radius 3 is 1.80 bits per heavy atom. The van der Waals surface area contributed by atoms with E-state index < -0.39 is 0 Å². The minimum Gasteiger partial charge on any atom is -0.330 e. The lowest BCUT2D eigenvalue weighted by molar-refractivity contribution is 0.0192. The van der Waals surface area contributed by atoms with Crippen molar-refractivity contribution >= 4 is 0 Å². The predicted octanol–water partition coefficient (Wildman–Crippen LogP) is 3.82. The summed E-state index contributed by atoms with van der Waals surface area (Å²) in [5.74, 6) is 2.30.